The van der Waals surface area contributed by atoms with E-state index in [-0.39, 0.29) is 29.3 Å². The first-order valence-corrected chi connectivity index (χ1v) is 10.4. The van der Waals surface area contributed by atoms with Crippen molar-refractivity contribution in [2.24, 2.45) is 0 Å². The second-order valence-corrected chi connectivity index (χ2v) is 8.32. The summed E-state index contributed by atoms with van der Waals surface area (Å²) in [5.74, 6) is -1.74. The number of aliphatic hydroxyl groups excluding tert-OH is 1. The predicted octanol–water partition coefficient (Wildman–Crippen LogP) is 2.64. The van der Waals surface area contributed by atoms with E-state index in [0.29, 0.717) is 23.4 Å². The number of benzene rings is 1. The van der Waals surface area contributed by atoms with Crippen molar-refractivity contribution in [3.8, 4) is 5.75 Å². The number of aromatic nitrogens is 2. The highest BCUT2D eigenvalue weighted by molar-refractivity contribution is 6.46. The molecule has 1 unspecified atom stereocenters. The molecule has 3 aromatic rings. The van der Waals surface area contributed by atoms with Crippen LogP contribution in [-0.2, 0) is 9.59 Å². The molecule has 166 valence electrons. The maximum atomic E-state index is 13.1. The summed E-state index contributed by atoms with van der Waals surface area (Å²) >= 11 is 0. The molecule has 1 aromatic carbocycles. The molecule has 32 heavy (non-hydrogen) atoms. The number of Topliss-reactive ketones (excluding diaryl/α,β-unsaturated/α-hetero) is 1. The van der Waals surface area contributed by atoms with E-state index >= 15 is 0 Å². The number of hydrogen-bond donors (Lipinski definition) is 2. The fourth-order valence-corrected chi connectivity index (χ4v) is 4.13. The number of pyridine rings is 1. The molecular formula is C24H26N4O4. The van der Waals surface area contributed by atoms with Crippen LogP contribution < -0.4 is 0 Å². The van der Waals surface area contributed by atoms with Gasteiger partial charge in [-0.2, -0.15) is 0 Å². The standard InChI is InChI=1S/C24H26N4O4/c1-14-7-6-10-27-15(2)19(25-23(14)27)21(30)18-20(16-8-5-9-17(29)13-16)28(12-11-26(3)4)24(32)22(18)31/h5-10,13,20,29-30H,11-12H2,1-4H3. The van der Waals surface area contributed by atoms with Crippen LogP contribution in [0.4, 0.5) is 0 Å². The minimum Gasteiger partial charge on any atom is -0.508 e. The lowest BCUT2D eigenvalue weighted by Gasteiger charge is -2.26. The topological polar surface area (TPSA) is 98.4 Å². The lowest BCUT2D eigenvalue weighted by atomic mass is 9.96. The molecule has 8 heteroatoms. The number of imidazole rings is 1. The van der Waals surface area contributed by atoms with Crippen molar-refractivity contribution in [2.75, 3.05) is 27.2 Å². The molecular weight excluding hydrogens is 408 g/mol. The highest BCUT2D eigenvalue weighted by Gasteiger charge is 2.46. The number of likely N-dealkylation sites (N-methyl/N-ethyl adjacent to an activating group) is 1. The molecule has 8 nitrogen and oxygen atoms in total. The van der Waals surface area contributed by atoms with E-state index in [1.807, 2.05) is 48.6 Å². The normalized spacial score (nSPS) is 18.3. The molecule has 2 N–H and O–H groups in total. The lowest BCUT2D eigenvalue weighted by molar-refractivity contribution is -0.140. The average Bonchev–Trinajstić information content (AvgIpc) is 3.22. The number of ketones is 1. The fraction of sp³-hybridized carbons (Fsp3) is 0.292. The Labute approximate surface area is 186 Å². The number of nitrogens with zero attached hydrogens (tertiary/aromatic N) is 4. The number of aliphatic hydroxyl groups is 1. The fourth-order valence-electron chi connectivity index (χ4n) is 4.13. The second-order valence-electron chi connectivity index (χ2n) is 8.32. The van der Waals surface area contributed by atoms with Crippen molar-refractivity contribution in [1.29, 1.82) is 0 Å². The number of carbonyl (C=O) groups excluding carboxylic acids is 2. The first kappa shape index (κ1) is 21.6. The highest BCUT2D eigenvalue weighted by atomic mass is 16.3. The quantitative estimate of drug-likeness (QED) is 0.364. The average molecular weight is 434 g/mol. The first-order chi connectivity index (χ1) is 15.2. The number of phenolic OH excluding ortho intramolecular Hbond substituents is 1. The Morgan fingerprint density at radius 2 is 1.91 bits per heavy atom. The van der Waals surface area contributed by atoms with Crippen LogP contribution in [0.2, 0.25) is 0 Å². The van der Waals surface area contributed by atoms with E-state index in [2.05, 4.69) is 4.98 Å². The van der Waals surface area contributed by atoms with E-state index in [1.165, 1.54) is 17.0 Å². The Morgan fingerprint density at radius 3 is 2.56 bits per heavy atom. The molecule has 4 rings (SSSR count). The van der Waals surface area contributed by atoms with Crippen molar-refractivity contribution in [2.45, 2.75) is 19.9 Å². The summed E-state index contributed by atoms with van der Waals surface area (Å²) < 4.78 is 1.84. The zero-order valence-electron chi connectivity index (χ0n) is 18.5. The summed E-state index contributed by atoms with van der Waals surface area (Å²) in [5.41, 5.74) is 3.03. The van der Waals surface area contributed by atoms with E-state index in [4.69, 9.17) is 0 Å². The Kier molecular flexibility index (Phi) is 5.48. The molecule has 2 aromatic heterocycles. The van der Waals surface area contributed by atoms with Gasteiger partial charge in [0.1, 0.15) is 17.1 Å². The molecule has 1 atom stereocenters. The summed E-state index contributed by atoms with van der Waals surface area (Å²) in [6, 6.07) is 9.37. The van der Waals surface area contributed by atoms with Gasteiger partial charge in [0.05, 0.1) is 17.3 Å². The minimum atomic E-state index is -0.827. The number of aromatic hydroxyl groups is 1. The third-order valence-electron chi connectivity index (χ3n) is 5.82. The Bertz CT molecular complexity index is 1260. The number of amides is 1. The number of phenols is 1. The molecule has 0 bridgehead atoms. The van der Waals surface area contributed by atoms with Gasteiger partial charge < -0.3 is 24.4 Å². The Hall–Kier alpha value is -3.65. The van der Waals surface area contributed by atoms with Crippen LogP contribution >= 0.6 is 0 Å². The summed E-state index contributed by atoms with van der Waals surface area (Å²) in [4.78, 5) is 34.0. The number of rotatable bonds is 5. The third-order valence-corrected chi connectivity index (χ3v) is 5.82. The molecule has 0 radical (unpaired) electrons. The van der Waals surface area contributed by atoms with Crippen molar-refractivity contribution in [3.63, 3.8) is 0 Å². The van der Waals surface area contributed by atoms with E-state index in [0.717, 1.165) is 5.56 Å². The van der Waals surface area contributed by atoms with Crippen LogP contribution in [-0.4, -0.2) is 68.3 Å². The predicted molar refractivity (Wildman–Crippen MR) is 120 cm³/mol. The van der Waals surface area contributed by atoms with Gasteiger partial charge in [0.15, 0.2) is 5.76 Å². The van der Waals surface area contributed by atoms with Crippen LogP contribution in [0.25, 0.3) is 11.4 Å². The van der Waals surface area contributed by atoms with Gasteiger partial charge in [-0.05, 0) is 57.3 Å². The van der Waals surface area contributed by atoms with Gasteiger partial charge in [-0.25, -0.2) is 4.98 Å². The highest BCUT2D eigenvalue weighted by Crippen LogP contribution is 2.40. The van der Waals surface area contributed by atoms with Crippen molar-refractivity contribution in [1.82, 2.24) is 19.2 Å². The molecule has 1 saturated heterocycles. The SMILES string of the molecule is Cc1cccn2c(C)c(C(O)=C3C(=O)C(=O)N(CCN(C)C)C3c3cccc(O)c3)nc12. The largest absolute Gasteiger partial charge is 0.508 e. The molecule has 0 aliphatic carbocycles. The zero-order valence-corrected chi connectivity index (χ0v) is 18.5. The second kappa shape index (κ2) is 8.12. The summed E-state index contributed by atoms with van der Waals surface area (Å²) in [7, 11) is 3.75. The van der Waals surface area contributed by atoms with E-state index < -0.39 is 17.7 Å². The summed E-state index contributed by atoms with van der Waals surface area (Å²) in [6.07, 6.45) is 1.84. The molecule has 1 amide bonds. The first-order valence-electron chi connectivity index (χ1n) is 10.4. The third kappa shape index (κ3) is 3.52. The number of carbonyl (C=O) groups is 2. The molecule has 0 spiro atoms. The smallest absolute Gasteiger partial charge is 0.295 e. The molecule has 0 saturated carbocycles. The molecule has 1 fully saturated rings. The van der Waals surface area contributed by atoms with Crippen LogP contribution in [0, 0.1) is 13.8 Å². The molecule has 1 aliphatic rings. The van der Waals surface area contributed by atoms with Gasteiger partial charge in [-0.15, -0.1) is 0 Å². The maximum absolute atomic E-state index is 13.1. The molecule has 1 aliphatic heterocycles. The van der Waals surface area contributed by atoms with Gasteiger partial charge in [-0.3, -0.25) is 9.59 Å². The minimum absolute atomic E-state index is 0.0141. The van der Waals surface area contributed by atoms with Crippen LogP contribution in [0.15, 0.2) is 48.2 Å². The summed E-state index contributed by atoms with van der Waals surface area (Å²) in [6.45, 7) is 4.55. The Morgan fingerprint density at radius 1 is 1.16 bits per heavy atom. The summed E-state index contributed by atoms with van der Waals surface area (Å²) in [5, 5.41) is 21.3. The van der Waals surface area contributed by atoms with Crippen molar-refractivity contribution >= 4 is 23.1 Å². The van der Waals surface area contributed by atoms with Crippen molar-refractivity contribution < 1.29 is 19.8 Å². The number of likely N-dealkylation sites (tertiary alicyclic amines) is 1. The molecule has 3 heterocycles. The van der Waals surface area contributed by atoms with Crippen LogP contribution in [0.3, 0.4) is 0 Å². The number of aryl methyl sites for hydroxylation is 2. The van der Waals surface area contributed by atoms with Crippen LogP contribution in [0.1, 0.15) is 28.6 Å². The van der Waals surface area contributed by atoms with Gasteiger partial charge in [0, 0.05) is 19.3 Å². The van der Waals surface area contributed by atoms with Crippen molar-refractivity contribution in [3.05, 3.63) is 70.7 Å². The maximum Gasteiger partial charge on any atom is 0.295 e. The number of fused-ring (bicyclic) bond motifs is 1. The van der Waals surface area contributed by atoms with Gasteiger partial charge in [0.2, 0.25) is 0 Å². The zero-order chi connectivity index (χ0) is 23.2. The van der Waals surface area contributed by atoms with Gasteiger partial charge in [-0.1, -0.05) is 18.2 Å². The lowest BCUT2D eigenvalue weighted by Crippen LogP contribution is -2.35. The van der Waals surface area contributed by atoms with Gasteiger partial charge in [0.25, 0.3) is 11.7 Å². The van der Waals surface area contributed by atoms with E-state index in [1.54, 1.807) is 19.1 Å². The number of hydrogen-bond acceptors (Lipinski definition) is 6. The van der Waals surface area contributed by atoms with Gasteiger partial charge >= 0.3 is 0 Å². The van der Waals surface area contributed by atoms with E-state index in [9.17, 15) is 19.8 Å². The van der Waals surface area contributed by atoms with Crippen LogP contribution in [0.5, 0.6) is 5.75 Å². The Balaban J connectivity index is 1.92. The monoisotopic (exact) mass is 434 g/mol.